The molecule has 1 amide bonds. The van der Waals surface area contributed by atoms with Gasteiger partial charge in [0.05, 0.1) is 0 Å². The number of carboxylic acid groups (broad SMARTS) is 1. The monoisotopic (exact) mass is 255 g/mol. The molecular formula is C10H17N5O3. The third-order valence-corrected chi connectivity index (χ3v) is 2.37. The molecular weight excluding hydrogens is 238 g/mol. The predicted molar refractivity (Wildman–Crippen MR) is 61.7 cm³/mol. The zero-order valence-electron chi connectivity index (χ0n) is 10.4. The number of carbonyl (C=O) groups excluding carboxylic acids is 1. The van der Waals surface area contributed by atoms with Crippen molar-refractivity contribution in [3.63, 3.8) is 0 Å². The quantitative estimate of drug-likeness (QED) is 0.633. The lowest BCUT2D eigenvalue weighted by Gasteiger charge is -2.17. The van der Waals surface area contributed by atoms with Crippen LogP contribution in [0.15, 0.2) is 0 Å². The molecule has 8 heteroatoms. The Bertz CT molecular complexity index is 390. The van der Waals surface area contributed by atoms with Gasteiger partial charge in [0.1, 0.15) is 0 Å². The average Bonchev–Trinajstić information content (AvgIpc) is 2.77. The molecule has 0 aromatic carbocycles. The van der Waals surface area contributed by atoms with Crippen molar-refractivity contribution in [1.82, 2.24) is 25.9 Å². The summed E-state index contributed by atoms with van der Waals surface area (Å²) >= 11 is 0. The zero-order chi connectivity index (χ0) is 13.5. The van der Waals surface area contributed by atoms with Gasteiger partial charge in [-0.15, -0.1) is 10.2 Å². The molecule has 0 radical (unpaired) electrons. The number of carboxylic acids is 1. The van der Waals surface area contributed by atoms with Crippen molar-refractivity contribution in [2.75, 3.05) is 6.54 Å². The number of carbonyl (C=O) groups is 2. The Balaban J connectivity index is 2.45. The van der Waals surface area contributed by atoms with E-state index < -0.39 is 11.9 Å². The average molecular weight is 255 g/mol. The Morgan fingerprint density at radius 3 is 2.67 bits per heavy atom. The van der Waals surface area contributed by atoms with Gasteiger partial charge in [-0.3, -0.25) is 9.59 Å². The fourth-order valence-corrected chi connectivity index (χ4v) is 1.73. The first-order valence-corrected chi connectivity index (χ1v) is 5.72. The number of aromatic amines is 1. The lowest BCUT2D eigenvalue weighted by Crippen LogP contribution is -2.31. The number of tetrazole rings is 1. The smallest absolute Gasteiger partial charge is 0.303 e. The van der Waals surface area contributed by atoms with Gasteiger partial charge in [0.2, 0.25) is 0 Å². The number of aliphatic carboxylic acids is 1. The summed E-state index contributed by atoms with van der Waals surface area (Å²) in [5.74, 6) is -1.10. The maximum Gasteiger partial charge on any atom is 0.303 e. The summed E-state index contributed by atoms with van der Waals surface area (Å²) in [6.07, 6.45) is 0.767. The molecule has 0 aliphatic carbocycles. The van der Waals surface area contributed by atoms with Gasteiger partial charge in [-0.2, -0.15) is 5.21 Å². The fourth-order valence-electron chi connectivity index (χ4n) is 1.73. The van der Waals surface area contributed by atoms with Crippen LogP contribution in [0.2, 0.25) is 0 Å². The van der Waals surface area contributed by atoms with E-state index in [2.05, 4.69) is 25.9 Å². The Labute approximate surface area is 104 Å². The molecule has 1 heterocycles. The lowest BCUT2D eigenvalue weighted by atomic mass is 9.94. The second-order valence-corrected chi connectivity index (χ2v) is 4.54. The first-order chi connectivity index (χ1) is 8.49. The predicted octanol–water partition coefficient (Wildman–Crippen LogP) is 0.0665. The van der Waals surface area contributed by atoms with Crippen LogP contribution in [0.25, 0.3) is 0 Å². The van der Waals surface area contributed by atoms with Crippen molar-refractivity contribution >= 4 is 11.9 Å². The minimum absolute atomic E-state index is 0.0324. The molecule has 0 spiro atoms. The first kappa shape index (κ1) is 14.1. The number of aromatic nitrogens is 4. The molecule has 18 heavy (non-hydrogen) atoms. The molecule has 0 saturated heterocycles. The molecule has 1 atom stereocenters. The third kappa shape index (κ3) is 4.89. The summed E-state index contributed by atoms with van der Waals surface area (Å²) in [6, 6.07) is 0. The highest BCUT2D eigenvalue weighted by Gasteiger charge is 2.17. The van der Waals surface area contributed by atoms with E-state index >= 15 is 0 Å². The minimum atomic E-state index is -0.866. The van der Waals surface area contributed by atoms with Crippen LogP contribution in [0.3, 0.4) is 0 Å². The SMILES string of the molecule is CC(C)CC(CNC(=O)c1nn[nH]n1)CC(=O)O. The number of nitrogens with zero attached hydrogens (tertiary/aromatic N) is 3. The third-order valence-electron chi connectivity index (χ3n) is 2.37. The molecule has 0 aliphatic rings. The van der Waals surface area contributed by atoms with Crippen LogP contribution in [0.4, 0.5) is 0 Å². The summed E-state index contributed by atoms with van der Waals surface area (Å²) in [4.78, 5) is 22.3. The summed E-state index contributed by atoms with van der Waals surface area (Å²) in [5.41, 5.74) is 0. The van der Waals surface area contributed by atoms with Gasteiger partial charge in [-0.25, -0.2) is 0 Å². The fraction of sp³-hybridized carbons (Fsp3) is 0.700. The van der Waals surface area contributed by atoms with Crippen LogP contribution in [0.1, 0.15) is 37.3 Å². The number of H-pyrrole nitrogens is 1. The number of hydrogen-bond donors (Lipinski definition) is 3. The van der Waals surface area contributed by atoms with Crippen LogP contribution in [-0.2, 0) is 4.79 Å². The maximum absolute atomic E-state index is 11.5. The van der Waals surface area contributed by atoms with Crippen LogP contribution >= 0.6 is 0 Å². The molecule has 0 bridgehead atoms. The highest BCUT2D eigenvalue weighted by Crippen LogP contribution is 2.14. The van der Waals surface area contributed by atoms with Gasteiger partial charge in [-0.05, 0) is 23.5 Å². The highest BCUT2D eigenvalue weighted by atomic mass is 16.4. The Kier molecular flexibility index (Phi) is 5.22. The van der Waals surface area contributed by atoms with Gasteiger partial charge >= 0.3 is 5.97 Å². The Morgan fingerprint density at radius 2 is 2.17 bits per heavy atom. The maximum atomic E-state index is 11.5. The standard InChI is InChI=1S/C10H17N5O3/c1-6(2)3-7(4-8(16)17)5-11-10(18)9-12-14-15-13-9/h6-7H,3-5H2,1-2H3,(H,11,18)(H,16,17)(H,12,13,14,15). The molecule has 100 valence electrons. The van der Waals surface area contributed by atoms with Crippen molar-refractivity contribution in [1.29, 1.82) is 0 Å². The van der Waals surface area contributed by atoms with Gasteiger partial charge < -0.3 is 10.4 Å². The topological polar surface area (TPSA) is 121 Å². The second-order valence-electron chi connectivity index (χ2n) is 4.54. The number of nitrogens with one attached hydrogen (secondary N) is 2. The van der Waals surface area contributed by atoms with Crippen LogP contribution in [-0.4, -0.2) is 44.2 Å². The Morgan fingerprint density at radius 1 is 1.44 bits per heavy atom. The van der Waals surface area contributed by atoms with Crippen molar-refractivity contribution in [2.24, 2.45) is 11.8 Å². The summed E-state index contributed by atoms with van der Waals surface area (Å²) in [7, 11) is 0. The normalized spacial score (nSPS) is 12.4. The molecule has 0 aliphatic heterocycles. The van der Waals surface area contributed by atoms with Gasteiger partial charge in [0.25, 0.3) is 11.7 Å². The molecule has 0 saturated carbocycles. The summed E-state index contributed by atoms with van der Waals surface area (Å²) in [6.45, 7) is 4.31. The van der Waals surface area contributed by atoms with E-state index in [1.165, 1.54) is 0 Å². The van der Waals surface area contributed by atoms with Crippen LogP contribution < -0.4 is 5.32 Å². The van der Waals surface area contributed by atoms with E-state index in [1.54, 1.807) is 0 Å². The van der Waals surface area contributed by atoms with E-state index in [1.807, 2.05) is 13.8 Å². The van der Waals surface area contributed by atoms with Crippen molar-refractivity contribution < 1.29 is 14.7 Å². The van der Waals surface area contributed by atoms with E-state index in [4.69, 9.17) is 5.11 Å². The van der Waals surface area contributed by atoms with E-state index in [9.17, 15) is 9.59 Å². The molecule has 1 aromatic heterocycles. The molecule has 1 aromatic rings. The van der Waals surface area contributed by atoms with Crippen LogP contribution in [0, 0.1) is 11.8 Å². The van der Waals surface area contributed by atoms with Crippen molar-refractivity contribution in [3.05, 3.63) is 5.82 Å². The lowest BCUT2D eigenvalue weighted by molar-refractivity contribution is -0.138. The highest BCUT2D eigenvalue weighted by molar-refractivity contribution is 5.90. The van der Waals surface area contributed by atoms with Gasteiger partial charge in [0.15, 0.2) is 0 Å². The van der Waals surface area contributed by atoms with Crippen molar-refractivity contribution in [2.45, 2.75) is 26.7 Å². The van der Waals surface area contributed by atoms with Gasteiger partial charge in [0, 0.05) is 13.0 Å². The summed E-state index contributed by atoms with van der Waals surface area (Å²) in [5, 5.41) is 23.9. The van der Waals surface area contributed by atoms with E-state index in [0.29, 0.717) is 5.92 Å². The van der Waals surface area contributed by atoms with Crippen molar-refractivity contribution in [3.8, 4) is 0 Å². The minimum Gasteiger partial charge on any atom is -0.481 e. The van der Waals surface area contributed by atoms with E-state index in [-0.39, 0.29) is 24.7 Å². The molecule has 1 rings (SSSR count). The number of rotatable bonds is 7. The number of amides is 1. The molecule has 0 fully saturated rings. The molecule has 3 N–H and O–H groups in total. The van der Waals surface area contributed by atoms with E-state index in [0.717, 1.165) is 6.42 Å². The number of hydrogen-bond acceptors (Lipinski definition) is 5. The van der Waals surface area contributed by atoms with Gasteiger partial charge in [-0.1, -0.05) is 13.8 Å². The Hall–Kier alpha value is -1.99. The molecule has 8 nitrogen and oxygen atoms in total. The zero-order valence-corrected chi connectivity index (χ0v) is 10.4. The largest absolute Gasteiger partial charge is 0.481 e. The van der Waals surface area contributed by atoms with Crippen LogP contribution in [0.5, 0.6) is 0 Å². The summed E-state index contributed by atoms with van der Waals surface area (Å²) < 4.78 is 0. The first-order valence-electron chi connectivity index (χ1n) is 5.72. The second kappa shape index (κ2) is 6.67. The molecule has 1 unspecified atom stereocenters.